The molecule has 0 aliphatic rings. The van der Waals surface area contributed by atoms with Crippen molar-refractivity contribution in [2.75, 3.05) is 0 Å². The Balaban J connectivity index is 1.76. The molecule has 0 spiro atoms. The molecule has 0 saturated carbocycles. The fourth-order valence-electron chi connectivity index (χ4n) is 2.54. The number of nitrogens with zero attached hydrogens (tertiary/aromatic N) is 2. The molecular formula is C20H22N4O3. The van der Waals surface area contributed by atoms with E-state index in [0.717, 1.165) is 16.8 Å². The van der Waals surface area contributed by atoms with Crippen LogP contribution in [0.25, 0.3) is 11.0 Å². The molecule has 0 radical (unpaired) electrons. The molecular weight excluding hydrogens is 344 g/mol. The topological polar surface area (TPSA) is 85.2 Å². The number of fused-ring (bicyclic) bond motifs is 1. The monoisotopic (exact) mass is 366 g/mol. The van der Waals surface area contributed by atoms with E-state index in [4.69, 9.17) is 4.74 Å². The van der Waals surface area contributed by atoms with Crippen LogP contribution in [0.1, 0.15) is 19.7 Å². The van der Waals surface area contributed by atoms with Gasteiger partial charge in [0.1, 0.15) is 24.7 Å². The van der Waals surface area contributed by atoms with Crippen molar-refractivity contribution in [3.8, 4) is 5.75 Å². The number of hydrogen-bond acceptors (Lipinski definition) is 4. The zero-order chi connectivity index (χ0) is 19.2. The highest BCUT2D eigenvalue weighted by Crippen LogP contribution is 2.18. The second kappa shape index (κ2) is 8.35. The molecule has 2 aromatic carbocycles. The van der Waals surface area contributed by atoms with Crippen molar-refractivity contribution in [2.45, 2.75) is 27.0 Å². The van der Waals surface area contributed by atoms with Crippen molar-refractivity contribution < 1.29 is 14.3 Å². The maximum Gasteiger partial charge on any atom is 0.258 e. The first-order chi connectivity index (χ1) is 13.0. The van der Waals surface area contributed by atoms with Crippen molar-refractivity contribution in [2.24, 2.45) is 5.92 Å². The first kappa shape index (κ1) is 18.4. The SMILES string of the molecule is CC(C)C(=O)NNC(=O)Cn1c(COc2ccccc2)nc2ccccc21. The second-order valence-corrected chi connectivity index (χ2v) is 6.40. The number of amides is 2. The van der Waals surface area contributed by atoms with Gasteiger partial charge in [-0.3, -0.25) is 20.4 Å². The summed E-state index contributed by atoms with van der Waals surface area (Å²) in [6, 6.07) is 17.0. The zero-order valence-corrected chi connectivity index (χ0v) is 15.3. The van der Waals surface area contributed by atoms with Crippen LogP contribution in [0.5, 0.6) is 5.75 Å². The molecule has 1 heterocycles. The number of imidazole rings is 1. The van der Waals surface area contributed by atoms with Crippen molar-refractivity contribution in [3.63, 3.8) is 0 Å². The minimum Gasteiger partial charge on any atom is -0.486 e. The normalized spacial score (nSPS) is 10.8. The number of benzene rings is 2. The lowest BCUT2D eigenvalue weighted by Crippen LogP contribution is -2.45. The largest absolute Gasteiger partial charge is 0.486 e. The summed E-state index contributed by atoms with van der Waals surface area (Å²) in [5.74, 6) is 0.559. The maximum absolute atomic E-state index is 12.3. The number of carbonyl (C=O) groups is 2. The Kier molecular flexibility index (Phi) is 5.71. The Bertz CT molecular complexity index is 935. The maximum atomic E-state index is 12.3. The van der Waals surface area contributed by atoms with Crippen LogP contribution < -0.4 is 15.6 Å². The highest BCUT2D eigenvalue weighted by Gasteiger charge is 2.15. The van der Waals surface area contributed by atoms with Crippen LogP contribution >= 0.6 is 0 Å². The van der Waals surface area contributed by atoms with Crippen LogP contribution in [0.4, 0.5) is 0 Å². The number of hydrogen-bond donors (Lipinski definition) is 2. The van der Waals surface area contributed by atoms with E-state index in [-0.39, 0.29) is 30.9 Å². The number of ether oxygens (including phenoxy) is 1. The van der Waals surface area contributed by atoms with E-state index >= 15 is 0 Å². The lowest BCUT2D eigenvalue weighted by Gasteiger charge is -2.12. The van der Waals surface area contributed by atoms with Gasteiger partial charge in [0.15, 0.2) is 0 Å². The molecule has 0 aliphatic heterocycles. The number of nitrogens with one attached hydrogen (secondary N) is 2. The highest BCUT2D eigenvalue weighted by atomic mass is 16.5. The van der Waals surface area contributed by atoms with Gasteiger partial charge in [-0.2, -0.15) is 0 Å². The van der Waals surface area contributed by atoms with Crippen LogP contribution in [0.2, 0.25) is 0 Å². The summed E-state index contributed by atoms with van der Waals surface area (Å²) in [7, 11) is 0. The first-order valence-electron chi connectivity index (χ1n) is 8.75. The number of carbonyl (C=O) groups excluding carboxylic acids is 2. The van der Waals surface area contributed by atoms with Crippen LogP contribution in [0, 0.1) is 5.92 Å². The molecule has 7 heteroatoms. The Hall–Kier alpha value is -3.35. The Morgan fingerprint density at radius 3 is 2.48 bits per heavy atom. The predicted molar refractivity (Wildman–Crippen MR) is 102 cm³/mol. The minimum atomic E-state index is -0.340. The number of para-hydroxylation sites is 3. The van der Waals surface area contributed by atoms with Gasteiger partial charge in [0.05, 0.1) is 11.0 Å². The van der Waals surface area contributed by atoms with E-state index in [9.17, 15) is 9.59 Å². The molecule has 1 aromatic heterocycles. The number of aromatic nitrogens is 2. The summed E-state index contributed by atoms with van der Waals surface area (Å²) < 4.78 is 7.58. The molecule has 0 atom stereocenters. The molecule has 0 saturated heterocycles. The van der Waals surface area contributed by atoms with Crippen molar-refractivity contribution in [3.05, 3.63) is 60.4 Å². The molecule has 2 amide bonds. The van der Waals surface area contributed by atoms with Gasteiger partial charge < -0.3 is 9.30 Å². The lowest BCUT2D eigenvalue weighted by atomic mass is 10.2. The Labute approximate surface area is 157 Å². The summed E-state index contributed by atoms with van der Waals surface area (Å²) in [4.78, 5) is 28.5. The van der Waals surface area contributed by atoms with Crippen LogP contribution in [-0.2, 0) is 22.7 Å². The smallest absolute Gasteiger partial charge is 0.258 e. The van der Waals surface area contributed by atoms with Gasteiger partial charge in [0.25, 0.3) is 5.91 Å². The Morgan fingerprint density at radius 1 is 1.04 bits per heavy atom. The molecule has 0 unspecified atom stereocenters. The molecule has 3 rings (SSSR count). The molecule has 140 valence electrons. The zero-order valence-electron chi connectivity index (χ0n) is 15.3. The van der Waals surface area contributed by atoms with Gasteiger partial charge in [-0.1, -0.05) is 44.2 Å². The van der Waals surface area contributed by atoms with E-state index in [1.54, 1.807) is 18.4 Å². The number of rotatable bonds is 6. The van der Waals surface area contributed by atoms with Gasteiger partial charge in [-0.15, -0.1) is 0 Å². The predicted octanol–water partition coefficient (Wildman–Crippen LogP) is 2.42. The second-order valence-electron chi connectivity index (χ2n) is 6.40. The Morgan fingerprint density at radius 2 is 1.74 bits per heavy atom. The van der Waals surface area contributed by atoms with Crippen molar-refractivity contribution >= 4 is 22.8 Å². The quantitative estimate of drug-likeness (QED) is 0.656. The fraction of sp³-hybridized carbons (Fsp3) is 0.250. The molecule has 0 aliphatic carbocycles. The van der Waals surface area contributed by atoms with Crippen LogP contribution in [-0.4, -0.2) is 21.4 Å². The summed E-state index contributed by atoms with van der Waals surface area (Å²) in [5.41, 5.74) is 6.47. The van der Waals surface area contributed by atoms with Crippen LogP contribution in [0.3, 0.4) is 0 Å². The van der Waals surface area contributed by atoms with Gasteiger partial charge in [-0.05, 0) is 24.3 Å². The average molecular weight is 366 g/mol. The third-order valence-electron chi connectivity index (χ3n) is 4.00. The first-order valence-corrected chi connectivity index (χ1v) is 8.75. The van der Waals surface area contributed by atoms with Gasteiger partial charge in [0, 0.05) is 5.92 Å². The third-order valence-corrected chi connectivity index (χ3v) is 4.00. The molecule has 2 N–H and O–H groups in total. The van der Waals surface area contributed by atoms with Gasteiger partial charge >= 0.3 is 0 Å². The molecule has 27 heavy (non-hydrogen) atoms. The molecule has 7 nitrogen and oxygen atoms in total. The summed E-state index contributed by atoms with van der Waals surface area (Å²) in [6.07, 6.45) is 0. The summed E-state index contributed by atoms with van der Waals surface area (Å²) in [5, 5.41) is 0. The van der Waals surface area contributed by atoms with Crippen molar-refractivity contribution in [1.82, 2.24) is 20.4 Å². The molecule has 0 fully saturated rings. The van der Waals surface area contributed by atoms with E-state index in [1.807, 2.05) is 54.6 Å². The highest BCUT2D eigenvalue weighted by molar-refractivity contribution is 5.84. The standard InChI is InChI=1S/C20H22N4O3/c1-14(2)20(26)23-22-19(25)12-24-17-11-7-6-10-16(17)21-18(24)13-27-15-8-4-3-5-9-15/h3-11,14H,12-13H2,1-2H3,(H,22,25)(H,23,26). The van der Waals surface area contributed by atoms with Gasteiger partial charge in [0.2, 0.25) is 5.91 Å². The van der Waals surface area contributed by atoms with E-state index in [1.165, 1.54) is 0 Å². The lowest BCUT2D eigenvalue weighted by molar-refractivity contribution is -0.130. The minimum absolute atomic E-state index is 0.0202. The third kappa shape index (κ3) is 4.63. The van der Waals surface area contributed by atoms with Gasteiger partial charge in [-0.25, -0.2) is 4.98 Å². The molecule has 0 bridgehead atoms. The fourth-order valence-corrected chi connectivity index (χ4v) is 2.54. The average Bonchev–Trinajstić information content (AvgIpc) is 3.02. The van der Waals surface area contributed by atoms with E-state index < -0.39 is 0 Å². The van der Waals surface area contributed by atoms with Crippen molar-refractivity contribution in [1.29, 1.82) is 0 Å². The van der Waals surface area contributed by atoms with E-state index in [2.05, 4.69) is 15.8 Å². The molecule has 3 aromatic rings. The summed E-state index contributed by atoms with van der Waals surface area (Å²) in [6.45, 7) is 3.75. The van der Waals surface area contributed by atoms with Crippen LogP contribution in [0.15, 0.2) is 54.6 Å². The summed E-state index contributed by atoms with van der Waals surface area (Å²) >= 11 is 0. The number of hydrazine groups is 1. The van der Waals surface area contributed by atoms with E-state index in [0.29, 0.717) is 5.82 Å².